The van der Waals surface area contributed by atoms with E-state index in [-0.39, 0.29) is 17.6 Å². The Balaban J connectivity index is 1.56. The summed E-state index contributed by atoms with van der Waals surface area (Å²) in [6, 6.07) is 11.6. The average Bonchev–Trinajstić information content (AvgIpc) is 3.24. The van der Waals surface area contributed by atoms with Crippen LogP contribution in [0.4, 0.5) is 5.69 Å². The SMILES string of the molecule is CC(C)Oc1ccc(NC(=NCCN2CCS(=O)(=O)CC2)NCCc2ccco2)cc1. The summed E-state index contributed by atoms with van der Waals surface area (Å²) in [4.78, 5) is 6.82. The molecule has 9 heteroatoms. The second-order valence-corrected chi connectivity index (χ2v) is 10.1. The highest BCUT2D eigenvalue weighted by atomic mass is 32.2. The first-order valence-corrected chi connectivity index (χ1v) is 12.5. The van der Waals surface area contributed by atoms with Gasteiger partial charge >= 0.3 is 0 Å². The molecule has 0 atom stereocenters. The van der Waals surface area contributed by atoms with Crippen LogP contribution in [0.25, 0.3) is 0 Å². The van der Waals surface area contributed by atoms with Gasteiger partial charge in [-0.3, -0.25) is 9.89 Å². The molecular weight excluding hydrogens is 416 g/mol. The summed E-state index contributed by atoms with van der Waals surface area (Å²) < 4.78 is 34.3. The Kier molecular flexibility index (Phi) is 8.36. The summed E-state index contributed by atoms with van der Waals surface area (Å²) in [5, 5.41) is 6.67. The Morgan fingerprint density at radius 3 is 2.58 bits per heavy atom. The van der Waals surface area contributed by atoms with Crippen molar-refractivity contribution in [2.24, 2.45) is 4.99 Å². The number of sulfone groups is 1. The second-order valence-electron chi connectivity index (χ2n) is 7.80. The molecule has 1 aliphatic rings. The van der Waals surface area contributed by atoms with Crippen LogP contribution in [0.3, 0.4) is 0 Å². The maximum Gasteiger partial charge on any atom is 0.195 e. The molecule has 1 fully saturated rings. The third-order valence-electron chi connectivity index (χ3n) is 4.86. The minimum absolute atomic E-state index is 0.129. The number of nitrogens with one attached hydrogen (secondary N) is 2. The molecule has 2 aromatic rings. The van der Waals surface area contributed by atoms with Gasteiger partial charge in [0.15, 0.2) is 15.8 Å². The highest BCUT2D eigenvalue weighted by Crippen LogP contribution is 2.17. The van der Waals surface area contributed by atoms with Crippen molar-refractivity contribution < 1.29 is 17.6 Å². The van der Waals surface area contributed by atoms with Crippen LogP contribution in [-0.2, 0) is 16.3 Å². The van der Waals surface area contributed by atoms with Crippen LogP contribution in [0.5, 0.6) is 5.75 Å². The van der Waals surface area contributed by atoms with E-state index in [1.54, 1.807) is 6.26 Å². The third-order valence-corrected chi connectivity index (χ3v) is 6.47. The van der Waals surface area contributed by atoms with Crippen LogP contribution in [0.1, 0.15) is 19.6 Å². The van der Waals surface area contributed by atoms with E-state index in [2.05, 4.69) is 20.5 Å². The number of hydrogen-bond acceptors (Lipinski definition) is 6. The lowest BCUT2D eigenvalue weighted by molar-refractivity contribution is 0.242. The zero-order valence-corrected chi connectivity index (χ0v) is 19.0. The molecule has 0 aliphatic carbocycles. The molecule has 2 N–H and O–H groups in total. The van der Waals surface area contributed by atoms with E-state index in [1.807, 2.05) is 50.2 Å². The normalized spacial score (nSPS) is 16.9. The van der Waals surface area contributed by atoms with Gasteiger partial charge in [-0.15, -0.1) is 0 Å². The molecule has 8 nitrogen and oxygen atoms in total. The van der Waals surface area contributed by atoms with Crippen LogP contribution in [0.15, 0.2) is 52.1 Å². The molecule has 31 heavy (non-hydrogen) atoms. The molecule has 1 aromatic heterocycles. The molecular formula is C22H32N4O4S. The first-order chi connectivity index (χ1) is 14.9. The van der Waals surface area contributed by atoms with Crippen LogP contribution in [-0.4, -0.2) is 69.6 Å². The predicted molar refractivity (Wildman–Crippen MR) is 124 cm³/mol. The summed E-state index contributed by atoms with van der Waals surface area (Å²) in [7, 11) is -2.86. The topological polar surface area (TPSA) is 96.2 Å². The van der Waals surface area contributed by atoms with Gasteiger partial charge in [0.05, 0.1) is 30.4 Å². The Bertz CT molecular complexity index is 911. The van der Waals surface area contributed by atoms with Crippen molar-refractivity contribution in [1.82, 2.24) is 10.2 Å². The fourth-order valence-corrected chi connectivity index (χ4v) is 4.48. The van der Waals surface area contributed by atoms with Crippen molar-refractivity contribution in [1.29, 1.82) is 0 Å². The number of furan rings is 1. The maximum atomic E-state index is 11.6. The van der Waals surface area contributed by atoms with E-state index in [9.17, 15) is 8.42 Å². The molecule has 0 spiro atoms. The largest absolute Gasteiger partial charge is 0.491 e. The molecule has 0 unspecified atom stereocenters. The number of ether oxygens (including phenoxy) is 1. The minimum atomic E-state index is -2.86. The first kappa shape index (κ1) is 23.1. The molecule has 170 valence electrons. The van der Waals surface area contributed by atoms with E-state index < -0.39 is 9.84 Å². The Morgan fingerprint density at radius 2 is 1.94 bits per heavy atom. The number of aliphatic imine (C=N–C) groups is 1. The van der Waals surface area contributed by atoms with Crippen LogP contribution in [0.2, 0.25) is 0 Å². The molecule has 0 amide bonds. The summed E-state index contributed by atoms with van der Waals surface area (Å²) in [6.07, 6.45) is 2.55. The lowest BCUT2D eigenvalue weighted by Gasteiger charge is -2.25. The molecule has 2 heterocycles. The number of nitrogens with zero attached hydrogens (tertiary/aromatic N) is 2. The van der Waals surface area contributed by atoms with Gasteiger partial charge in [-0.1, -0.05) is 0 Å². The highest BCUT2D eigenvalue weighted by molar-refractivity contribution is 7.91. The lowest BCUT2D eigenvalue weighted by atomic mass is 10.3. The van der Waals surface area contributed by atoms with Crippen molar-refractivity contribution in [2.75, 3.05) is 49.5 Å². The van der Waals surface area contributed by atoms with E-state index in [0.29, 0.717) is 32.1 Å². The van der Waals surface area contributed by atoms with Gasteiger partial charge in [0.25, 0.3) is 0 Å². The van der Waals surface area contributed by atoms with Crippen LogP contribution >= 0.6 is 0 Å². The quantitative estimate of drug-likeness (QED) is 0.449. The fraction of sp³-hybridized carbons (Fsp3) is 0.500. The Hall–Kier alpha value is -2.52. The van der Waals surface area contributed by atoms with Gasteiger partial charge in [-0.2, -0.15) is 0 Å². The van der Waals surface area contributed by atoms with Crippen LogP contribution in [0, 0.1) is 0 Å². The third kappa shape index (κ3) is 8.26. The number of rotatable bonds is 9. The van der Waals surface area contributed by atoms with Gasteiger partial charge < -0.3 is 19.8 Å². The van der Waals surface area contributed by atoms with E-state index >= 15 is 0 Å². The van der Waals surface area contributed by atoms with E-state index in [0.717, 1.165) is 30.2 Å². The van der Waals surface area contributed by atoms with Gasteiger partial charge in [-0.05, 0) is 50.2 Å². The van der Waals surface area contributed by atoms with Crippen molar-refractivity contribution >= 4 is 21.5 Å². The van der Waals surface area contributed by atoms with Gasteiger partial charge in [0.2, 0.25) is 0 Å². The van der Waals surface area contributed by atoms with Gasteiger partial charge in [-0.25, -0.2) is 8.42 Å². The summed E-state index contributed by atoms with van der Waals surface area (Å²) in [6.45, 7) is 7.12. The van der Waals surface area contributed by atoms with Crippen LogP contribution < -0.4 is 15.4 Å². The molecule has 1 saturated heterocycles. The van der Waals surface area contributed by atoms with Gasteiger partial charge in [0, 0.05) is 38.3 Å². The second kappa shape index (κ2) is 11.2. The van der Waals surface area contributed by atoms with E-state index in [1.165, 1.54) is 0 Å². The molecule has 1 aliphatic heterocycles. The number of guanidine groups is 1. The van der Waals surface area contributed by atoms with Crippen molar-refractivity contribution in [2.45, 2.75) is 26.4 Å². The smallest absolute Gasteiger partial charge is 0.195 e. The Labute approximate surface area is 184 Å². The number of anilines is 1. The summed E-state index contributed by atoms with van der Waals surface area (Å²) in [5.74, 6) is 2.87. The predicted octanol–water partition coefficient (Wildman–Crippen LogP) is 2.40. The molecule has 0 saturated carbocycles. The fourth-order valence-electron chi connectivity index (χ4n) is 3.20. The molecule has 3 rings (SSSR count). The lowest BCUT2D eigenvalue weighted by Crippen LogP contribution is -2.41. The summed E-state index contributed by atoms with van der Waals surface area (Å²) >= 11 is 0. The summed E-state index contributed by atoms with van der Waals surface area (Å²) in [5.41, 5.74) is 0.907. The minimum Gasteiger partial charge on any atom is -0.491 e. The zero-order chi connectivity index (χ0) is 22.1. The Morgan fingerprint density at radius 1 is 1.19 bits per heavy atom. The number of hydrogen-bond donors (Lipinski definition) is 2. The molecule has 0 bridgehead atoms. The number of benzene rings is 1. The van der Waals surface area contributed by atoms with E-state index in [4.69, 9.17) is 9.15 Å². The molecule has 1 aromatic carbocycles. The molecule has 0 radical (unpaired) electrons. The first-order valence-electron chi connectivity index (χ1n) is 10.7. The average molecular weight is 449 g/mol. The van der Waals surface area contributed by atoms with Crippen molar-refractivity contribution in [3.05, 3.63) is 48.4 Å². The monoisotopic (exact) mass is 448 g/mol. The maximum absolute atomic E-state index is 11.6. The highest BCUT2D eigenvalue weighted by Gasteiger charge is 2.20. The van der Waals surface area contributed by atoms with Crippen molar-refractivity contribution in [3.8, 4) is 5.75 Å². The van der Waals surface area contributed by atoms with Gasteiger partial charge in [0.1, 0.15) is 11.5 Å². The standard InChI is InChI=1S/C22H32N4O4S/c1-18(2)30-21-7-5-19(6-8-21)25-22(23-10-9-20-4-3-15-29-20)24-11-12-26-13-16-31(27,28)17-14-26/h3-8,15,18H,9-14,16-17H2,1-2H3,(H2,23,24,25). The zero-order valence-electron chi connectivity index (χ0n) is 18.2. The van der Waals surface area contributed by atoms with Crippen molar-refractivity contribution in [3.63, 3.8) is 0 Å².